The molecule has 3 rings (SSSR count). The van der Waals surface area contributed by atoms with Crippen LogP contribution in [0.25, 0.3) is 16.9 Å². The Balaban J connectivity index is 1.91. The van der Waals surface area contributed by atoms with Crippen LogP contribution in [-0.4, -0.2) is 35.1 Å². The molecule has 0 aliphatic rings. The third kappa shape index (κ3) is 4.26. The van der Waals surface area contributed by atoms with Crippen LogP contribution in [0.2, 0.25) is 0 Å². The third-order valence-electron chi connectivity index (χ3n) is 4.00. The first-order chi connectivity index (χ1) is 12.3. The molecule has 0 aliphatic heterocycles. The Bertz CT molecular complexity index is 782. The summed E-state index contributed by atoms with van der Waals surface area (Å²) in [6.45, 7) is 1.67. The fourth-order valence-electron chi connectivity index (χ4n) is 2.67. The SMILES string of the molecule is COc1ccc(-c2nn(-c3ccccc3)cc2CNCCCO)cc1. The van der Waals surface area contributed by atoms with E-state index in [1.807, 2.05) is 59.3 Å². The maximum absolute atomic E-state index is 8.93. The lowest BCUT2D eigenvalue weighted by Crippen LogP contribution is -2.15. The molecule has 130 valence electrons. The van der Waals surface area contributed by atoms with Crippen molar-refractivity contribution in [1.82, 2.24) is 15.1 Å². The molecule has 25 heavy (non-hydrogen) atoms. The van der Waals surface area contributed by atoms with E-state index in [4.69, 9.17) is 14.9 Å². The zero-order chi connectivity index (χ0) is 17.5. The molecule has 0 bridgehead atoms. The number of aromatic nitrogens is 2. The van der Waals surface area contributed by atoms with Crippen LogP contribution < -0.4 is 10.1 Å². The van der Waals surface area contributed by atoms with Crippen LogP contribution in [0.5, 0.6) is 5.75 Å². The van der Waals surface area contributed by atoms with E-state index in [1.54, 1.807) is 7.11 Å². The number of aliphatic hydroxyl groups excluding tert-OH is 1. The molecule has 5 heteroatoms. The quantitative estimate of drug-likeness (QED) is 0.620. The van der Waals surface area contributed by atoms with Crippen LogP contribution in [0.3, 0.4) is 0 Å². The first-order valence-corrected chi connectivity index (χ1v) is 8.42. The average molecular weight is 337 g/mol. The lowest BCUT2D eigenvalue weighted by atomic mass is 10.1. The zero-order valence-corrected chi connectivity index (χ0v) is 14.4. The maximum atomic E-state index is 8.93. The van der Waals surface area contributed by atoms with Crippen molar-refractivity contribution < 1.29 is 9.84 Å². The number of hydrogen-bond donors (Lipinski definition) is 2. The number of rotatable bonds is 8. The number of nitrogens with one attached hydrogen (secondary N) is 1. The highest BCUT2D eigenvalue weighted by Gasteiger charge is 2.12. The molecular weight excluding hydrogens is 314 g/mol. The summed E-state index contributed by atoms with van der Waals surface area (Å²) in [6, 6.07) is 18.0. The van der Waals surface area contributed by atoms with Gasteiger partial charge in [0.15, 0.2) is 0 Å². The molecule has 1 heterocycles. The third-order valence-corrected chi connectivity index (χ3v) is 4.00. The molecule has 0 amide bonds. The summed E-state index contributed by atoms with van der Waals surface area (Å²) in [5, 5.41) is 17.1. The summed E-state index contributed by atoms with van der Waals surface area (Å²) in [4.78, 5) is 0. The van der Waals surface area contributed by atoms with Gasteiger partial charge in [0.2, 0.25) is 0 Å². The fourth-order valence-corrected chi connectivity index (χ4v) is 2.67. The van der Waals surface area contributed by atoms with Gasteiger partial charge >= 0.3 is 0 Å². The Kier molecular flexibility index (Phi) is 5.82. The van der Waals surface area contributed by atoms with Crippen molar-refractivity contribution in [1.29, 1.82) is 0 Å². The summed E-state index contributed by atoms with van der Waals surface area (Å²) >= 11 is 0. The second-order valence-corrected chi connectivity index (χ2v) is 5.77. The number of ether oxygens (including phenoxy) is 1. The maximum Gasteiger partial charge on any atom is 0.118 e. The summed E-state index contributed by atoms with van der Waals surface area (Å²) in [7, 11) is 1.66. The van der Waals surface area contributed by atoms with Crippen LogP contribution in [0.4, 0.5) is 0 Å². The van der Waals surface area contributed by atoms with Crippen molar-refractivity contribution in [2.75, 3.05) is 20.3 Å². The van der Waals surface area contributed by atoms with Gasteiger partial charge in [0.1, 0.15) is 5.75 Å². The Morgan fingerprint density at radius 3 is 2.52 bits per heavy atom. The fraction of sp³-hybridized carbons (Fsp3) is 0.250. The molecule has 5 nitrogen and oxygen atoms in total. The summed E-state index contributed by atoms with van der Waals surface area (Å²) in [6.07, 6.45) is 2.80. The molecule has 0 saturated heterocycles. The highest BCUT2D eigenvalue weighted by molar-refractivity contribution is 5.64. The lowest BCUT2D eigenvalue weighted by Gasteiger charge is -2.05. The highest BCUT2D eigenvalue weighted by atomic mass is 16.5. The van der Waals surface area contributed by atoms with E-state index < -0.39 is 0 Å². The van der Waals surface area contributed by atoms with Gasteiger partial charge in [-0.05, 0) is 49.4 Å². The van der Waals surface area contributed by atoms with Crippen molar-refractivity contribution in [3.05, 3.63) is 66.4 Å². The van der Waals surface area contributed by atoms with Crippen molar-refractivity contribution >= 4 is 0 Å². The van der Waals surface area contributed by atoms with E-state index in [1.165, 1.54) is 0 Å². The number of benzene rings is 2. The van der Waals surface area contributed by atoms with Gasteiger partial charge in [0.25, 0.3) is 0 Å². The van der Waals surface area contributed by atoms with Gasteiger partial charge in [-0.3, -0.25) is 0 Å². The first-order valence-electron chi connectivity index (χ1n) is 8.42. The molecule has 0 radical (unpaired) electrons. The standard InChI is InChI=1S/C20H23N3O2/c1-25-19-10-8-16(9-11-19)20-17(14-21-12-5-13-24)15-23(22-20)18-6-3-2-4-7-18/h2-4,6-11,15,21,24H,5,12-14H2,1H3. The van der Waals surface area contributed by atoms with E-state index in [0.717, 1.165) is 41.2 Å². The predicted molar refractivity (Wildman–Crippen MR) is 99.0 cm³/mol. The molecular formula is C20H23N3O2. The lowest BCUT2D eigenvalue weighted by molar-refractivity contribution is 0.286. The number of para-hydroxylation sites is 1. The molecule has 1 aromatic heterocycles. The number of hydrogen-bond acceptors (Lipinski definition) is 4. The van der Waals surface area contributed by atoms with E-state index >= 15 is 0 Å². The highest BCUT2D eigenvalue weighted by Crippen LogP contribution is 2.25. The van der Waals surface area contributed by atoms with Gasteiger partial charge in [-0.15, -0.1) is 0 Å². The molecule has 0 atom stereocenters. The van der Waals surface area contributed by atoms with Gasteiger partial charge < -0.3 is 15.2 Å². The van der Waals surface area contributed by atoms with Crippen molar-refractivity contribution in [2.45, 2.75) is 13.0 Å². The topological polar surface area (TPSA) is 59.3 Å². The number of methoxy groups -OCH3 is 1. The molecule has 0 unspecified atom stereocenters. The van der Waals surface area contributed by atoms with Gasteiger partial charge in [-0.2, -0.15) is 5.10 Å². The minimum Gasteiger partial charge on any atom is -0.497 e. The zero-order valence-electron chi connectivity index (χ0n) is 14.4. The Labute approximate surface area is 147 Å². The molecule has 2 aromatic carbocycles. The van der Waals surface area contributed by atoms with Gasteiger partial charge in [-0.1, -0.05) is 18.2 Å². The molecule has 2 N–H and O–H groups in total. The summed E-state index contributed by atoms with van der Waals surface area (Å²) in [5.41, 5.74) is 4.14. The smallest absolute Gasteiger partial charge is 0.118 e. The van der Waals surface area contributed by atoms with Crippen molar-refractivity contribution in [3.63, 3.8) is 0 Å². The second-order valence-electron chi connectivity index (χ2n) is 5.77. The van der Waals surface area contributed by atoms with Crippen LogP contribution in [0.15, 0.2) is 60.8 Å². The number of aliphatic hydroxyl groups is 1. The summed E-state index contributed by atoms with van der Waals surface area (Å²) < 4.78 is 7.15. The molecule has 0 fully saturated rings. The van der Waals surface area contributed by atoms with E-state index in [-0.39, 0.29) is 6.61 Å². The number of nitrogens with zero attached hydrogens (tertiary/aromatic N) is 2. The normalized spacial score (nSPS) is 10.8. The van der Waals surface area contributed by atoms with Crippen LogP contribution in [0, 0.1) is 0 Å². The Morgan fingerprint density at radius 1 is 1.08 bits per heavy atom. The molecule has 0 spiro atoms. The van der Waals surface area contributed by atoms with E-state index in [0.29, 0.717) is 6.54 Å². The van der Waals surface area contributed by atoms with Gasteiger partial charge in [0, 0.05) is 30.5 Å². The monoisotopic (exact) mass is 337 g/mol. The predicted octanol–water partition coefficient (Wildman–Crippen LogP) is 3.02. The van der Waals surface area contributed by atoms with E-state index in [2.05, 4.69) is 11.5 Å². The second kappa shape index (κ2) is 8.46. The Morgan fingerprint density at radius 2 is 1.84 bits per heavy atom. The molecule has 0 saturated carbocycles. The van der Waals surface area contributed by atoms with Gasteiger partial charge in [-0.25, -0.2) is 4.68 Å². The van der Waals surface area contributed by atoms with E-state index in [9.17, 15) is 0 Å². The van der Waals surface area contributed by atoms with Gasteiger partial charge in [0.05, 0.1) is 18.5 Å². The van der Waals surface area contributed by atoms with Crippen LogP contribution in [0.1, 0.15) is 12.0 Å². The van der Waals surface area contributed by atoms with Crippen LogP contribution >= 0.6 is 0 Å². The minimum absolute atomic E-state index is 0.196. The largest absolute Gasteiger partial charge is 0.497 e. The Hall–Kier alpha value is -2.63. The molecule has 3 aromatic rings. The van der Waals surface area contributed by atoms with Crippen molar-refractivity contribution in [2.24, 2.45) is 0 Å². The minimum atomic E-state index is 0.196. The van der Waals surface area contributed by atoms with Crippen LogP contribution in [-0.2, 0) is 6.54 Å². The first kappa shape index (κ1) is 17.2. The molecule has 0 aliphatic carbocycles. The average Bonchev–Trinajstić information content (AvgIpc) is 3.10. The summed E-state index contributed by atoms with van der Waals surface area (Å²) in [5.74, 6) is 0.828. The van der Waals surface area contributed by atoms with Crippen molar-refractivity contribution in [3.8, 4) is 22.7 Å².